The Morgan fingerprint density at radius 2 is 1.79 bits per heavy atom. The molecule has 0 aromatic heterocycles. The first-order valence-corrected chi connectivity index (χ1v) is 9.80. The van der Waals surface area contributed by atoms with Crippen molar-refractivity contribution < 1.29 is 13.2 Å². The van der Waals surface area contributed by atoms with E-state index >= 15 is 0 Å². The molecule has 2 rings (SSSR count). The number of nitrogens with one attached hydrogen (secondary N) is 1. The molecule has 2 aromatic carbocycles. The quantitative estimate of drug-likeness (QED) is 0.874. The van der Waals surface area contributed by atoms with E-state index in [4.69, 9.17) is 0 Å². The number of carbonyl (C=O) groups is 1. The third-order valence-corrected chi connectivity index (χ3v) is 5.04. The van der Waals surface area contributed by atoms with Gasteiger partial charge in [0.25, 0.3) is 0 Å². The van der Waals surface area contributed by atoms with Crippen molar-refractivity contribution in [1.29, 1.82) is 0 Å². The van der Waals surface area contributed by atoms with Crippen molar-refractivity contribution in [3.63, 3.8) is 0 Å². The zero-order chi connectivity index (χ0) is 17.7. The van der Waals surface area contributed by atoms with E-state index in [0.29, 0.717) is 12.8 Å². The first-order chi connectivity index (χ1) is 11.3. The molecule has 0 spiro atoms. The van der Waals surface area contributed by atoms with Crippen LogP contribution in [0.4, 0.5) is 0 Å². The normalized spacial score (nSPS) is 12.6. The van der Waals surface area contributed by atoms with E-state index in [0.717, 1.165) is 11.1 Å². The molecule has 1 amide bonds. The minimum atomic E-state index is -3.20. The van der Waals surface area contributed by atoms with Crippen LogP contribution in [0, 0.1) is 6.92 Å². The van der Waals surface area contributed by atoms with Crippen molar-refractivity contribution in [3.05, 3.63) is 65.2 Å². The minimum absolute atomic E-state index is 0.0174. The number of amides is 1. The first kappa shape index (κ1) is 18.2. The second-order valence-corrected chi connectivity index (χ2v) is 8.14. The lowest BCUT2D eigenvalue weighted by Crippen LogP contribution is -2.26. The van der Waals surface area contributed by atoms with E-state index in [1.54, 1.807) is 24.3 Å². The Labute approximate surface area is 143 Å². The molecule has 0 saturated carbocycles. The number of sulfone groups is 1. The smallest absolute Gasteiger partial charge is 0.220 e. The topological polar surface area (TPSA) is 63.2 Å². The van der Waals surface area contributed by atoms with E-state index in [1.807, 2.05) is 32.0 Å². The van der Waals surface area contributed by atoms with Gasteiger partial charge in [0.05, 0.1) is 10.9 Å². The van der Waals surface area contributed by atoms with Crippen LogP contribution in [-0.4, -0.2) is 20.6 Å². The lowest BCUT2D eigenvalue weighted by atomic mass is 10.1. The molecule has 1 atom stereocenters. The molecule has 1 N–H and O–H groups in total. The summed E-state index contributed by atoms with van der Waals surface area (Å²) in [5.74, 6) is -0.0174. The summed E-state index contributed by atoms with van der Waals surface area (Å²) in [4.78, 5) is 12.4. The molecule has 24 heavy (non-hydrogen) atoms. The van der Waals surface area contributed by atoms with Crippen LogP contribution in [0.2, 0.25) is 0 Å². The monoisotopic (exact) mass is 345 g/mol. The Hall–Kier alpha value is -2.14. The molecule has 0 heterocycles. The summed E-state index contributed by atoms with van der Waals surface area (Å²) in [6.45, 7) is 3.92. The van der Waals surface area contributed by atoms with Gasteiger partial charge < -0.3 is 5.32 Å². The van der Waals surface area contributed by atoms with Gasteiger partial charge in [0.2, 0.25) is 5.91 Å². The summed E-state index contributed by atoms with van der Waals surface area (Å²) in [6.07, 6.45) is 2.31. The Kier molecular flexibility index (Phi) is 5.78. The molecular weight excluding hydrogens is 322 g/mol. The second-order valence-electron chi connectivity index (χ2n) is 6.12. The van der Waals surface area contributed by atoms with Gasteiger partial charge in [0, 0.05) is 12.7 Å². The number of hydrogen-bond acceptors (Lipinski definition) is 3. The molecular formula is C19H23NO3S. The van der Waals surface area contributed by atoms with Crippen molar-refractivity contribution in [2.75, 3.05) is 6.26 Å². The van der Waals surface area contributed by atoms with Gasteiger partial charge in [-0.1, -0.05) is 42.0 Å². The van der Waals surface area contributed by atoms with Gasteiger partial charge in [-0.15, -0.1) is 0 Å². The summed E-state index contributed by atoms with van der Waals surface area (Å²) in [5.41, 5.74) is 3.22. The van der Waals surface area contributed by atoms with Gasteiger partial charge in [-0.05, 0) is 43.5 Å². The van der Waals surface area contributed by atoms with Crippen LogP contribution in [0.1, 0.15) is 36.1 Å². The maximum absolute atomic E-state index is 12.1. The molecule has 0 fully saturated rings. The number of rotatable bonds is 6. The van der Waals surface area contributed by atoms with Crippen molar-refractivity contribution in [1.82, 2.24) is 5.32 Å². The molecule has 0 saturated heterocycles. The molecule has 128 valence electrons. The van der Waals surface area contributed by atoms with Gasteiger partial charge in [-0.3, -0.25) is 4.79 Å². The van der Waals surface area contributed by atoms with E-state index in [9.17, 15) is 13.2 Å². The summed E-state index contributed by atoms with van der Waals surface area (Å²) >= 11 is 0. The first-order valence-electron chi connectivity index (χ1n) is 7.90. The fourth-order valence-corrected chi connectivity index (χ4v) is 3.16. The number of benzene rings is 2. The molecule has 0 aliphatic carbocycles. The van der Waals surface area contributed by atoms with Gasteiger partial charge in [-0.2, -0.15) is 0 Å². The average Bonchev–Trinajstić information content (AvgIpc) is 2.52. The van der Waals surface area contributed by atoms with Crippen LogP contribution in [0.25, 0.3) is 0 Å². The van der Waals surface area contributed by atoms with Crippen LogP contribution in [0.3, 0.4) is 0 Å². The highest BCUT2D eigenvalue weighted by atomic mass is 32.2. The lowest BCUT2D eigenvalue weighted by Gasteiger charge is -2.15. The summed E-state index contributed by atoms with van der Waals surface area (Å²) in [6, 6.07) is 14.6. The third kappa shape index (κ3) is 5.20. The van der Waals surface area contributed by atoms with Gasteiger partial charge >= 0.3 is 0 Å². The van der Waals surface area contributed by atoms with Crippen LogP contribution in [0.15, 0.2) is 53.4 Å². The molecule has 0 aliphatic heterocycles. The molecule has 0 aliphatic rings. The fourth-order valence-electron chi connectivity index (χ4n) is 2.53. The summed E-state index contributed by atoms with van der Waals surface area (Å²) in [7, 11) is -3.20. The standard InChI is InChI=1S/C19H23NO3S/c1-14-5-4-6-16(13-14)7-12-19(21)20-15(2)17-8-10-18(11-9-17)24(3,22)23/h4-6,8-11,13,15H,7,12H2,1-3H3,(H,20,21). The third-order valence-electron chi connectivity index (χ3n) is 3.91. The summed E-state index contributed by atoms with van der Waals surface area (Å²) < 4.78 is 22.9. The van der Waals surface area contributed by atoms with Crippen molar-refractivity contribution >= 4 is 15.7 Å². The average molecular weight is 345 g/mol. The highest BCUT2D eigenvalue weighted by molar-refractivity contribution is 7.90. The Morgan fingerprint density at radius 1 is 1.12 bits per heavy atom. The molecule has 1 unspecified atom stereocenters. The van der Waals surface area contributed by atoms with Crippen LogP contribution < -0.4 is 5.32 Å². The maximum atomic E-state index is 12.1. The highest BCUT2D eigenvalue weighted by Crippen LogP contribution is 2.16. The highest BCUT2D eigenvalue weighted by Gasteiger charge is 2.12. The van der Waals surface area contributed by atoms with E-state index in [2.05, 4.69) is 11.4 Å². The predicted molar refractivity (Wildman–Crippen MR) is 95.6 cm³/mol. The van der Waals surface area contributed by atoms with Gasteiger partial charge in [-0.25, -0.2) is 8.42 Å². The molecule has 0 radical (unpaired) electrons. The lowest BCUT2D eigenvalue weighted by molar-refractivity contribution is -0.121. The summed E-state index contributed by atoms with van der Waals surface area (Å²) in [5, 5.41) is 2.95. The van der Waals surface area contributed by atoms with Crippen LogP contribution in [0.5, 0.6) is 0 Å². The Bertz CT molecular complexity index is 811. The number of aryl methyl sites for hydroxylation is 2. The Morgan fingerprint density at radius 3 is 2.38 bits per heavy atom. The Balaban J connectivity index is 1.91. The van der Waals surface area contributed by atoms with Crippen molar-refractivity contribution in [2.45, 2.75) is 37.6 Å². The largest absolute Gasteiger partial charge is 0.350 e. The molecule has 2 aromatic rings. The van der Waals surface area contributed by atoms with Crippen LogP contribution >= 0.6 is 0 Å². The van der Waals surface area contributed by atoms with Crippen molar-refractivity contribution in [3.8, 4) is 0 Å². The van der Waals surface area contributed by atoms with E-state index in [-0.39, 0.29) is 16.8 Å². The zero-order valence-corrected chi connectivity index (χ0v) is 15.1. The minimum Gasteiger partial charge on any atom is -0.350 e. The maximum Gasteiger partial charge on any atom is 0.220 e. The van der Waals surface area contributed by atoms with Gasteiger partial charge in [0.1, 0.15) is 0 Å². The number of hydrogen-bond donors (Lipinski definition) is 1. The van der Waals surface area contributed by atoms with E-state index < -0.39 is 9.84 Å². The fraction of sp³-hybridized carbons (Fsp3) is 0.316. The number of carbonyl (C=O) groups excluding carboxylic acids is 1. The van der Waals surface area contributed by atoms with Crippen molar-refractivity contribution in [2.24, 2.45) is 0 Å². The molecule has 5 heteroatoms. The van der Waals surface area contributed by atoms with E-state index in [1.165, 1.54) is 11.8 Å². The predicted octanol–water partition coefficient (Wildman–Crippen LogP) is 3.21. The van der Waals surface area contributed by atoms with Gasteiger partial charge in [0.15, 0.2) is 9.84 Å². The second kappa shape index (κ2) is 7.62. The molecule has 4 nitrogen and oxygen atoms in total. The SMILES string of the molecule is Cc1cccc(CCC(=O)NC(C)c2ccc(S(C)(=O)=O)cc2)c1. The van der Waals surface area contributed by atoms with Crippen LogP contribution in [-0.2, 0) is 21.1 Å². The molecule has 0 bridgehead atoms. The zero-order valence-electron chi connectivity index (χ0n) is 14.2.